The number of thioether (sulfide) groups is 2. The Morgan fingerprint density at radius 3 is 2.50 bits per heavy atom. The van der Waals surface area contributed by atoms with Gasteiger partial charge in [0.25, 0.3) is 0 Å². The summed E-state index contributed by atoms with van der Waals surface area (Å²) < 4.78 is 0. The highest BCUT2D eigenvalue weighted by Crippen LogP contribution is 2.18. The van der Waals surface area contributed by atoms with Gasteiger partial charge in [0, 0.05) is 28.7 Å². The number of anilines is 1. The monoisotopic (exact) mass is 304 g/mol. The number of nitrogens with zero attached hydrogens (tertiary/aromatic N) is 1. The summed E-state index contributed by atoms with van der Waals surface area (Å²) in [5, 5.41) is 2.90. The van der Waals surface area contributed by atoms with Crippen molar-refractivity contribution < 1.29 is 4.79 Å². The molecule has 1 amide bonds. The number of benzene rings is 1. The van der Waals surface area contributed by atoms with Crippen LogP contribution < -0.4 is 5.32 Å². The second kappa shape index (κ2) is 7.97. The number of pyridine rings is 1. The van der Waals surface area contributed by atoms with Gasteiger partial charge >= 0.3 is 0 Å². The molecule has 0 saturated carbocycles. The molecule has 0 radical (unpaired) electrons. The molecule has 3 nitrogen and oxygen atoms in total. The molecule has 1 heterocycles. The van der Waals surface area contributed by atoms with Crippen LogP contribution in [0.25, 0.3) is 0 Å². The van der Waals surface area contributed by atoms with Gasteiger partial charge in [0.05, 0.1) is 5.75 Å². The molecule has 0 saturated heterocycles. The number of carbonyl (C=O) groups excluding carboxylic acids is 1. The molecule has 1 aromatic carbocycles. The molecule has 0 bridgehead atoms. The smallest absolute Gasteiger partial charge is 0.234 e. The van der Waals surface area contributed by atoms with E-state index in [0.29, 0.717) is 5.75 Å². The lowest BCUT2D eigenvalue weighted by atomic mass is 10.3. The van der Waals surface area contributed by atoms with E-state index >= 15 is 0 Å². The number of amides is 1. The Labute approximate surface area is 127 Å². The average Bonchev–Trinajstić information content (AvgIpc) is 2.49. The van der Waals surface area contributed by atoms with Gasteiger partial charge in [-0.15, -0.1) is 23.5 Å². The molecular formula is C15H16N2OS2. The van der Waals surface area contributed by atoms with Crippen LogP contribution in [-0.4, -0.2) is 22.9 Å². The molecule has 0 aliphatic heterocycles. The van der Waals surface area contributed by atoms with E-state index in [0.717, 1.165) is 11.4 Å². The first-order valence-corrected chi connectivity index (χ1v) is 8.56. The van der Waals surface area contributed by atoms with Gasteiger partial charge in [0.2, 0.25) is 5.91 Å². The largest absolute Gasteiger partial charge is 0.325 e. The van der Waals surface area contributed by atoms with Crippen LogP contribution in [0.5, 0.6) is 0 Å². The van der Waals surface area contributed by atoms with Crippen molar-refractivity contribution in [2.75, 3.05) is 17.3 Å². The van der Waals surface area contributed by atoms with Gasteiger partial charge in [-0.1, -0.05) is 0 Å². The maximum absolute atomic E-state index is 11.8. The summed E-state index contributed by atoms with van der Waals surface area (Å²) in [6, 6.07) is 11.8. The first-order chi connectivity index (χ1) is 9.78. The number of carbonyl (C=O) groups is 1. The Hall–Kier alpha value is -1.46. The molecule has 0 atom stereocenters. The molecule has 0 spiro atoms. The molecular weight excluding hydrogens is 288 g/mol. The zero-order valence-electron chi connectivity index (χ0n) is 11.2. The molecule has 0 fully saturated rings. The van der Waals surface area contributed by atoms with Gasteiger partial charge < -0.3 is 5.32 Å². The van der Waals surface area contributed by atoms with Crippen molar-refractivity contribution >= 4 is 35.1 Å². The van der Waals surface area contributed by atoms with E-state index in [1.807, 2.05) is 42.7 Å². The van der Waals surface area contributed by atoms with Crippen molar-refractivity contribution in [2.24, 2.45) is 0 Å². The zero-order chi connectivity index (χ0) is 14.2. The molecule has 104 valence electrons. The predicted molar refractivity (Wildman–Crippen MR) is 87.3 cm³/mol. The number of aromatic nitrogens is 1. The van der Waals surface area contributed by atoms with E-state index in [2.05, 4.69) is 10.3 Å². The zero-order valence-corrected chi connectivity index (χ0v) is 12.8. The summed E-state index contributed by atoms with van der Waals surface area (Å²) in [4.78, 5) is 17.0. The summed E-state index contributed by atoms with van der Waals surface area (Å²) >= 11 is 3.28. The first kappa shape index (κ1) is 14.9. The van der Waals surface area contributed by atoms with Crippen molar-refractivity contribution in [1.29, 1.82) is 0 Å². The van der Waals surface area contributed by atoms with Crippen molar-refractivity contribution in [1.82, 2.24) is 4.98 Å². The van der Waals surface area contributed by atoms with E-state index in [1.165, 1.54) is 10.5 Å². The molecule has 0 aliphatic rings. The highest BCUT2D eigenvalue weighted by molar-refractivity contribution is 7.99. The molecule has 2 rings (SSSR count). The lowest BCUT2D eigenvalue weighted by Gasteiger charge is -2.06. The third-order valence-corrected chi connectivity index (χ3v) is 4.37. The van der Waals surface area contributed by atoms with Gasteiger partial charge in [0.15, 0.2) is 0 Å². The summed E-state index contributed by atoms with van der Waals surface area (Å²) in [6.07, 6.45) is 5.57. The Kier molecular flexibility index (Phi) is 5.95. The molecule has 1 aromatic heterocycles. The topological polar surface area (TPSA) is 42.0 Å². The number of hydrogen-bond donors (Lipinski definition) is 1. The van der Waals surface area contributed by atoms with Crippen LogP contribution >= 0.6 is 23.5 Å². The fraction of sp³-hybridized carbons (Fsp3) is 0.200. The van der Waals surface area contributed by atoms with E-state index in [9.17, 15) is 4.79 Å². The SMILES string of the molecule is CSc1ccc(NC(=O)CSCc2ccncc2)cc1. The van der Waals surface area contributed by atoms with Crippen molar-refractivity contribution in [3.8, 4) is 0 Å². The predicted octanol–water partition coefficient (Wildman–Crippen LogP) is 3.68. The Bertz CT molecular complexity index is 544. The number of rotatable bonds is 6. The molecule has 0 unspecified atom stereocenters. The molecule has 20 heavy (non-hydrogen) atoms. The van der Waals surface area contributed by atoms with Crippen LogP contribution in [0.4, 0.5) is 5.69 Å². The van der Waals surface area contributed by atoms with Gasteiger partial charge in [-0.2, -0.15) is 0 Å². The second-order valence-electron chi connectivity index (χ2n) is 4.12. The summed E-state index contributed by atoms with van der Waals surface area (Å²) in [5.41, 5.74) is 2.03. The summed E-state index contributed by atoms with van der Waals surface area (Å²) in [7, 11) is 0. The van der Waals surface area contributed by atoms with Gasteiger partial charge in [-0.25, -0.2) is 0 Å². The van der Waals surface area contributed by atoms with Gasteiger partial charge in [-0.3, -0.25) is 9.78 Å². The first-order valence-electron chi connectivity index (χ1n) is 6.18. The quantitative estimate of drug-likeness (QED) is 0.827. The molecule has 0 aliphatic carbocycles. The lowest BCUT2D eigenvalue weighted by molar-refractivity contribution is -0.113. The van der Waals surface area contributed by atoms with E-state index in [4.69, 9.17) is 0 Å². The molecule has 1 N–H and O–H groups in total. The van der Waals surface area contributed by atoms with Crippen LogP contribution in [0.2, 0.25) is 0 Å². The highest BCUT2D eigenvalue weighted by atomic mass is 32.2. The van der Waals surface area contributed by atoms with Crippen molar-refractivity contribution in [2.45, 2.75) is 10.6 Å². The third kappa shape index (κ3) is 4.90. The Morgan fingerprint density at radius 2 is 1.85 bits per heavy atom. The Morgan fingerprint density at radius 1 is 1.15 bits per heavy atom. The fourth-order valence-electron chi connectivity index (χ4n) is 1.61. The van der Waals surface area contributed by atoms with E-state index < -0.39 is 0 Å². The minimum absolute atomic E-state index is 0.0287. The lowest BCUT2D eigenvalue weighted by Crippen LogP contribution is -2.14. The fourth-order valence-corrected chi connectivity index (χ4v) is 2.81. The van der Waals surface area contributed by atoms with Gasteiger partial charge in [-0.05, 0) is 48.2 Å². The molecule has 2 aromatic rings. The van der Waals surface area contributed by atoms with Crippen LogP contribution in [0, 0.1) is 0 Å². The normalized spacial score (nSPS) is 10.2. The number of hydrogen-bond acceptors (Lipinski definition) is 4. The van der Waals surface area contributed by atoms with E-state index in [-0.39, 0.29) is 5.91 Å². The second-order valence-corrected chi connectivity index (χ2v) is 5.99. The summed E-state index contributed by atoms with van der Waals surface area (Å²) in [5.74, 6) is 1.30. The maximum Gasteiger partial charge on any atom is 0.234 e. The minimum Gasteiger partial charge on any atom is -0.325 e. The van der Waals surface area contributed by atoms with Gasteiger partial charge in [0.1, 0.15) is 0 Å². The number of nitrogens with one attached hydrogen (secondary N) is 1. The van der Waals surface area contributed by atoms with Crippen LogP contribution in [0.1, 0.15) is 5.56 Å². The molecule has 5 heteroatoms. The third-order valence-electron chi connectivity index (χ3n) is 2.63. The van der Waals surface area contributed by atoms with Crippen LogP contribution in [-0.2, 0) is 10.5 Å². The van der Waals surface area contributed by atoms with Crippen LogP contribution in [0.15, 0.2) is 53.7 Å². The average molecular weight is 304 g/mol. The minimum atomic E-state index is 0.0287. The Balaban J connectivity index is 1.74. The van der Waals surface area contributed by atoms with Crippen molar-refractivity contribution in [3.05, 3.63) is 54.4 Å². The maximum atomic E-state index is 11.8. The highest BCUT2D eigenvalue weighted by Gasteiger charge is 2.03. The van der Waals surface area contributed by atoms with E-state index in [1.54, 1.807) is 35.9 Å². The summed E-state index contributed by atoms with van der Waals surface area (Å²) in [6.45, 7) is 0. The van der Waals surface area contributed by atoms with Crippen molar-refractivity contribution in [3.63, 3.8) is 0 Å². The standard InChI is InChI=1S/C15H16N2OS2/c1-19-14-4-2-13(3-5-14)17-15(18)11-20-10-12-6-8-16-9-7-12/h2-9H,10-11H2,1H3,(H,17,18). The van der Waals surface area contributed by atoms with Crippen LogP contribution in [0.3, 0.4) is 0 Å².